The second-order valence-corrected chi connectivity index (χ2v) is 4.78. The summed E-state index contributed by atoms with van der Waals surface area (Å²) < 4.78 is 0. The minimum atomic E-state index is 0.218. The Morgan fingerprint density at radius 1 is 1.12 bits per heavy atom. The van der Waals surface area contributed by atoms with Crippen LogP contribution >= 0.6 is 0 Å². The Morgan fingerprint density at radius 2 is 1.94 bits per heavy atom. The molecular weight excluding hydrogens is 204 g/mol. The Bertz CT molecular complexity index is 471. The number of hydrogen-bond donors (Lipinski definition) is 2. The second kappa shape index (κ2) is 3.17. The average molecular weight is 218 g/mol. The molecule has 84 valence electrons. The minimum Gasteiger partial charge on any atom is -0.383 e. The lowest BCUT2D eigenvalue weighted by molar-refractivity contribution is -0.122. The largest absolute Gasteiger partial charge is 0.383 e. The summed E-state index contributed by atoms with van der Waals surface area (Å²) in [5.74, 6) is 1.68. The standard InChI is InChI=1S/C11H14N4O/c12-10-9-6-1-5(2-7(16)4-6)3-8(9)14-11(13)15-10/h5-6H,1-4H2,(H4,12,13,14,15)/t5-,6+/m0/s1. The zero-order chi connectivity index (χ0) is 11.3. The second-order valence-electron chi connectivity index (χ2n) is 4.78. The van der Waals surface area contributed by atoms with Crippen LogP contribution in [0.4, 0.5) is 11.8 Å². The Hall–Kier alpha value is -1.65. The van der Waals surface area contributed by atoms with Gasteiger partial charge in [-0.3, -0.25) is 4.79 Å². The average Bonchev–Trinajstić information content (AvgIpc) is 2.13. The van der Waals surface area contributed by atoms with Gasteiger partial charge in [-0.15, -0.1) is 0 Å². The molecule has 0 amide bonds. The van der Waals surface area contributed by atoms with Crippen LogP contribution in [-0.4, -0.2) is 15.8 Å². The van der Waals surface area contributed by atoms with E-state index in [0.717, 1.165) is 24.1 Å². The van der Waals surface area contributed by atoms with E-state index in [0.29, 0.717) is 30.4 Å². The van der Waals surface area contributed by atoms with Crippen molar-refractivity contribution >= 4 is 17.5 Å². The van der Waals surface area contributed by atoms with Gasteiger partial charge in [0.2, 0.25) is 5.95 Å². The molecular formula is C11H14N4O. The zero-order valence-corrected chi connectivity index (χ0v) is 8.94. The van der Waals surface area contributed by atoms with Gasteiger partial charge < -0.3 is 11.5 Å². The van der Waals surface area contributed by atoms with Crippen LogP contribution in [-0.2, 0) is 11.2 Å². The highest BCUT2D eigenvalue weighted by atomic mass is 16.1. The number of aromatic nitrogens is 2. The van der Waals surface area contributed by atoms with Crippen molar-refractivity contribution in [1.82, 2.24) is 9.97 Å². The van der Waals surface area contributed by atoms with Gasteiger partial charge in [0.05, 0.1) is 5.69 Å². The molecule has 1 aromatic heterocycles. The van der Waals surface area contributed by atoms with Gasteiger partial charge in [0.15, 0.2) is 0 Å². The summed E-state index contributed by atoms with van der Waals surface area (Å²) >= 11 is 0. The monoisotopic (exact) mass is 218 g/mol. The molecule has 0 saturated heterocycles. The predicted molar refractivity (Wildman–Crippen MR) is 59.6 cm³/mol. The first-order valence-electron chi connectivity index (χ1n) is 5.57. The Morgan fingerprint density at radius 3 is 2.75 bits per heavy atom. The Kier molecular flexibility index (Phi) is 1.89. The first kappa shape index (κ1) is 9.57. The summed E-state index contributed by atoms with van der Waals surface area (Å²) in [4.78, 5) is 19.8. The fourth-order valence-electron chi connectivity index (χ4n) is 3.05. The number of rotatable bonds is 0. The van der Waals surface area contributed by atoms with Crippen LogP contribution in [0.15, 0.2) is 0 Å². The highest BCUT2D eigenvalue weighted by Gasteiger charge is 2.36. The molecule has 5 heteroatoms. The van der Waals surface area contributed by atoms with Crippen molar-refractivity contribution in [2.75, 3.05) is 11.5 Å². The number of ketones is 1. The van der Waals surface area contributed by atoms with Crippen molar-refractivity contribution < 1.29 is 4.79 Å². The Labute approximate surface area is 93.3 Å². The topological polar surface area (TPSA) is 94.9 Å². The van der Waals surface area contributed by atoms with Gasteiger partial charge in [-0.1, -0.05) is 0 Å². The molecule has 3 rings (SSSR count). The van der Waals surface area contributed by atoms with E-state index in [9.17, 15) is 4.79 Å². The number of nitrogens with two attached hydrogens (primary N) is 2. The zero-order valence-electron chi connectivity index (χ0n) is 8.94. The molecule has 0 aromatic carbocycles. The van der Waals surface area contributed by atoms with Crippen LogP contribution < -0.4 is 11.5 Å². The summed E-state index contributed by atoms with van der Waals surface area (Å²) in [7, 11) is 0. The quantitative estimate of drug-likeness (QED) is 0.666. The third-order valence-electron chi connectivity index (χ3n) is 3.57. The minimum absolute atomic E-state index is 0.218. The fourth-order valence-corrected chi connectivity index (χ4v) is 3.05. The molecule has 2 aliphatic rings. The van der Waals surface area contributed by atoms with E-state index in [4.69, 9.17) is 11.5 Å². The third kappa shape index (κ3) is 1.35. The molecule has 0 aliphatic heterocycles. The maximum atomic E-state index is 11.6. The molecule has 1 aromatic rings. The highest BCUT2D eigenvalue weighted by molar-refractivity contribution is 5.81. The molecule has 1 fully saturated rings. The van der Waals surface area contributed by atoms with Gasteiger partial charge >= 0.3 is 0 Å². The SMILES string of the molecule is Nc1nc(N)c2c(n1)C[C@@H]1CC(=O)C[C@H]2C1. The van der Waals surface area contributed by atoms with Gasteiger partial charge in [-0.2, -0.15) is 4.98 Å². The maximum Gasteiger partial charge on any atom is 0.222 e. The lowest BCUT2D eigenvalue weighted by atomic mass is 9.70. The number of anilines is 2. The number of carbonyl (C=O) groups excluding carboxylic acids is 1. The summed E-state index contributed by atoms with van der Waals surface area (Å²) in [6, 6.07) is 0. The molecule has 2 bridgehead atoms. The van der Waals surface area contributed by atoms with E-state index in [2.05, 4.69) is 9.97 Å². The number of carbonyl (C=O) groups is 1. The number of fused-ring (bicyclic) bond motifs is 4. The molecule has 1 saturated carbocycles. The molecule has 0 radical (unpaired) electrons. The maximum absolute atomic E-state index is 11.6. The lowest BCUT2D eigenvalue weighted by Gasteiger charge is -2.34. The van der Waals surface area contributed by atoms with E-state index in [1.165, 1.54) is 0 Å². The smallest absolute Gasteiger partial charge is 0.222 e. The highest BCUT2D eigenvalue weighted by Crippen LogP contribution is 2.43. The van der Waals surface area contributed by atoms with Crippen LogP contribution in [0.3, 0.4) is 0 Å². The van der Waals surface area contributed by atoms with Crippen molar-refractivity contribution in [2.24, 2.45) is 5.92 Å². The number of nitrogen functional groups attached to an aromatic ring is 2. The van der Waals surface area contributed by atoms with E-state index >= 15 is 0 Å². The first-order chi connectivity index (χ1) is 7.63. The molecule has 2 aliphatic carbocycles. The van der Waals surface area contributed by atoms with E-state index in [-0.39, 0.29) is 11.9 Å². The molecule has 5 nitrogen and oxygen atoms in total. The van der Waals surface area contributed by atoms with Gasteiger partial charge in [0, 0.05) is 18.4 Å². The fraction of sp³-hybridized carbons (Fsp3) is 0.545. The van der Waals surface area contributed by atoms with Crippen LogP contribution in [0.2, 0.25) is 0 Å². The van der Waals surface area contributed by atoms with Crippen molar-refractivity contribution in [2.45, 2.75) is 31.6 Å². The van der Waals surface area contributed by atoms with E-state index in [1.807, 2.05) is 0 Å². The van der Waals surface area contributed by atoms with Gasteiger partial charge in [0.1, 0.15) is 11.6 Å². The van der Waals surface area contributed by atoms with Gasteiger partial charge in [-0.25, -0.2) is 4.98 Å². The Balaban J connectivity index is 2.12. The van der Waals surface area contributed by atoms with Crippen molar-refractivity contribution in [3.8, 4) is 0 Å². The number of Topliss-reactive ketones (excluding diaryl/α,β-unsaturated/α-hetero) is 1. The number of hydrogen-bond acceptors (Lipinski definition) is 5. The molecule has 1 heterocycles. The lowest BCUT2D eigenvalue weighted by Crippen LogP contribution is -2.30. The summed E-state index contributed by atoms with van der Waals surface area (Å²) in [5, 5.41) is 0. The summed E-state index contributed by atoms with van der Waals surface area (Å²) in [5.41, 5.74) is 13.4. The molecule has 16 heavy (non-hydrogen) atoms. The summed E-state index contributed by atoms with van der Waals surface area (Å²) in [6.45, 7) is 0. The van der Waals surface area contributed by atoms with Gasteiger partial charge in [-0.05, 0) is 24.7 Å². The summed E-state index contributed by atoms with van der Waals surface area (Å²) in [6.07, 6.45) is 3.12. The predicted octanol–water partition coefficient (Wildman–Crippen LogP) is 0.650. The van der Waals surface area contributed by atoms with Crippen molar-refractivity contribution in [3.63, 3.8) is 0 Å². The number of nitrogens with zero attached hydrogens (tertiary/aromatic N) is 2. The van der Waals surface area contributed by atoms with Crippen molar-refractivity contribution in [3.05, 3.63) is 11.3 Å². The normalized spacial score (nSPS) is 27.6. The van der Waals surface area contributed by atoms with Crippen LogP contribution in [0.5, 0.6) is 0 Å². The molecule has 0 unspecified atom stereocenters. The van der Waals surface area contributed by atoms with Crippen LogP contribution in [0.1, 0.15) is 36.4 Å². The van der Waals surface area contributed by atoms with E-state index in [1.54, 1.807) is 0 Å². The molecule has 2 atom stereocenters. The molecule has 4 N–H and O–H groups in total. The van der Waals surface area contributed by atoms with E-state index < -0.39 is 0 Å². The van der Waals surface area contributed by atoms with Gasteiger partial charge in [0.25, 0.3) is 0 Å². The third-order valence-corrected chi connectivity index (χ3v) is 3.57. The molecule has 0 spiro atoms. The van der Waals surface area contributed by atoms with Crippen LogP contribution in [0, 0.1) is 5.92 Å². The van der Waals surface area contributed by atoms with Crippen LogP contribution in [0.25, 0.3) is 0 Å². The first-order valence-corrected chi connectivity index (χ1v) is 5.57. The van der Waals surface area contributed by atoms with Crippen molar-refractivity contribution in [1.29, 1.82) is 0 Å².